The number of carbonyl (C=O) groups excluding carboxylic acids is 1. The number of hydrogen-bond acceptors (Lipinski definition) is 12. The fourth-order valence-electron chi connectivity index (χ4n) is 11.9. The number of methoxy groups -OCH3 is 4. The number of esters is 1. The third-order valence-corrected chi connectivity index (χ3v) is 15.4. The third-order valence-electron chi connectivity index (χ3n) is 15.4. The topological polar surface area (TPSA) is 119 Å². The second kappa shape index (κ2) is 17.1. The van der Waals surface area contributed by atoms with Gasteiger partial charge in [0.2, 0.25) is 0 Å². The predicted molar refractivity (Wildman–Crippen MR) is 215 cm³/mol. The van der Waals surface area contributed by atoms with E-state index in [1.54, 1.807) is 21.3 Å². The molecule has 0 aromatic heterocycles. The van der Waals surface area contributed by atoms with E-state index in [0.29, 0.717) is 18.9 Å². The average molecular weight is 817 g/mol. The lowest BCUT2D eigenvalue weighted by Gasteiger charge is -2.49. The van der Waals surface area contributed by atoms with E-state index in [9.17, 15) is 4.79 Å². The van der Waals surface area contributed by atoms with Crippen LogP contribution in [0.4, 0.5) is 0 Å². The molecular formula is C46H72O12. The van der Waals surface area contributed by atoms with Crippen molar-refractivity contribution < 1.29 is 56.9 Å². The van der Waals surface area contributed by atoms with Gasteiger partial charge in [0.05, 0.1) is 74.1 Å². The zero-order valence-electron chi connectivity index (χ0n) is 37.2. The molecule has 6 fully saturated rings. The maximum Gasteiger partial charge on any atom is 0.311 e. The molecule has 0 saturated carbocycles. The van der Waals surface area contributed by atoms with Crippen molar-refractivity contribution in [3.63, 3.8) is 0 Å². The molecule has 0 bridgehead atoms. The summed E-state index contributed by atoms with van der Waals surface area (Å²) in [5.74, 6) is -0.971. The van der Waals surface area contributed by atoms with Crippen LogP contribution in [0.25, 0.3) is 0 Å². The van der Waals surface area contributed by atoms with Gasteiger partial charge in [-0.25, -0.2) is 0 Å². The lowest BCUT2D eigenvalue weighted by Crippen LogP contribution is -2.57. The minimum Gasteiger partial charge on any atom is -0.497 e. The first-order chi connectivity index (χ1) is 27.6. The maximum absolute atomic E-state index is 12.6. The van der Waals surface area contributed by atoms with E-state index in [-0.39, 0.29) is 66.3 Å². The Hall–Kier alpha value is -1.87. The van der Waals surface area contributed by atoms with Crippen molar-refractivity contribution in [1.82, 2.24) is 0 Å². The molecule has 6 saturated heterocycles. The minimum atomic E-state index is -0.837. The van der Waals surface area contributed by atoms with Crippen LogP contribution in [0.3, 0.4) is 0 Å². The minimum absolute atomic E-state index is 0.0598. The van der Waals surface area contributed by atoms with Crippen molar-refractivity contribution in [3.05, 3.63) is 29.8 Å². The van der Waals surface area contributed by atoms with Gasteiger partial charge in [-0.2, -0.15) is 0 Å². The van der Waals surface area contributed by atoms with Gasteiger partial charge in [-0.3, -0.25) is 4.79 Å². The number of benzene rings is 1. The molecule has 12 heteroatoms. The van der Waals surface area contributed by atoms with Crippen molar-refractivity contribution >= 4 is 5.97 Å². The molecule has 328 valence electrons. The van der Waals surface area contributed by atoms with Crippen LogP contribution in [0, 0.1) is 35.5 Å². The Morgan fingerprint density at radius 3 is 2.31 bits per heavy atom. The van der Waals surface area contributed by atoms with Crippen LogP contribution in [0.1, 0.15) is 119 Å². The van der Waals surface area contributed by atoms with E-state index in [1.165, 1.54) is 7.11 Å². The lowest BCUT2D eigenvalue weighted by atomic mass is 9.78. The van der Waals surface area contributed by atoms with Gasteiger partial charge in [-0.1, -0.05) is 53.7 Å². The lowest BCUT2D eigenvalue weighted by molar-refractivity contribution is -0.337. The summed E-state index contributed by atoms with van der Waals surface area (Å²) in [6.45, 7) is 17.7. The summed E-state index contributed by atoms with van der Waals surface area (Å²) >= 11 is 0. The van der Waals surface area contributed by atoms with Gasteiger partial charge in [0.15, 0.2) is 17.9 Å². The van der Waals surface area contributed by atoms with Gasteiger partial charge >= 0.3 is 5.97 Å². The normalized spacial score (nSPS) is 45.8. The molecule has 6 heterocycles. The number of carbonyl (C=O) groups is 1. The second-order valence-corrected chi connectivity index (χ2v) is 19.0. The molecule has 6 aliphatic rings. The third kappa shape index (κ3) is 7.89. The summed E-state index contributed by atoms with van der Waals surface area (Å²) in [7, 11) is 6.49. The number of rotatable bonds is 12. The molecule has 2 spiro atoms. The Kier molecular flexibility index (Phi) is 13.0. The molecule has 12 nitrogen and oxygen atoms in total. The highest BCUT2D eigenvalue weighted by molar-refractivity contribution is 5.72. The SMILES string of the molecule is CC[C@@]1([C@@H]2O[C@H]([C@H]3O[C@@]4(CO[C@H](c5ccc(OC)cc5)O4)[C@H](C)C[C@@H]3C)C[C@@H]2C)CC[C@H]([C@@]2(C)CC[C@]3(C[C@H](OC)[C@@H](C)[C@@H]([C@@H](C)[C@@H](OC)[C@H](C)C(=O)OC)O3)O2)O1. The van der Waals surface area contributed by atoms with Gasteiger partial charge in [-0.15, -0.1) is 0 Å². The Balaban J connectivity index is 1.03. The van der Waals surface area contributed by atoms with Gasteiger partial charge in [0.1, 0.15) is 12.4 Å². The van der Waals surface area contributed by atoms with Crippen LogP contribution in [-0.2, 0) is 52.2 Å². The Labute approximate surface area is 346 Å². The van der Waals surface area contributed by atoms with Crippen molar-refractivity contribution in [2.75, 3.05) is 35.0 Å². The maximum atomic E-state index is 12.6. The highest BCUT2D eigenvalue weighted by Crippen LogP contribution is 2.56. The molecule has 58 heavy (non-hydrogen) atoms. The van der Waals surface area contributed by atoms with Gasteiger partial charge in [0, 0.05) is 50.4 Å². The first kappa shape index (κ1) is 44.2. The van der Waals surface area contributed by atoms with Crippen LogP contribution in [-0.4, -0.2) is 107 Å². The summed E-state index contributed by atoms with van der Waals surface area (Å²) in [4.78, 5) is 12.6. The van der Waals surface area contributed by atoms with Crippen LogP contribution < -0.4 is 4.74 Å². The molecule has 0 aliphatic carbocycles. The molecule has 0 unspecified atom stereocenters. The fourth-order valence-corrected chi connectivity index (χ4v) is 11.9. The highest BCUT2D eigenvalue weighted by Gasteiger charge is 2.63. The zero-order chi connectivity index (χ0) is 41.8. The molecule has 0 radical (unpaired) electrons. The summed E-state index contributed by atoms with van der Waals surface area (Å²) in [5.41, 5.74) is -0.0604. The number of ether oxygens (including phenoxy) is 11. The second-order valence-electron chi connectivity index (χ2n) is 19.0. The van der Waals surface area contributed by atoms with E-state index >= 15 is 0 Å². The Morgan fingerprint density at radius 2 is 1.66 bits per heavy atom. The molecule has 0 N–H and O–H groups in total. The van der Waals surface area contributed by atoms with Crippen LogP contribution in [0.15, 0.2) is 24.3 Å². The van der Waals surface area contributed by atoms with E-state index < -0.39 is 41.1 Å². The largest absolute Gasteiger partial charge is 0.497 e. The quantitative estimate of drug-likeness (QED) is 0.192. The van der Waals surface area contributed by atoms with Crippen molar-refractivity contribution in [1.29, 1.82) is 0 Å². The van der Waals surface area contributed by atoms with E-state index in [2.05, 4.69) is 48.5 Å². The van der Waals surface area contributed by atoms with E-state index in [1.807, 2.05) is 31.2 Å². The smallest absolute Gasteiger partial charge is 0.311 e. The molecule has 7 rings (SSSR count). The Bertz CT molecular complexity index is 1560. The summed E-state index contributed by atoms with van der Waals surface area (Å²) in [5, 5.41) is 0. The first-order valence-electron chi connectivity index (χ1n) is 22.1. The van der Waals surface area contributed by atoms with Crippen LogP contribution in [0.2, 0.25) is 0 Å². The standard InChI is InChI=1S/C46H72O12/c1-13-44(40-27(3)23-34(53-40)37-26(2)22-28(4)46(56-37)25-52-42(57-46)32-14-16-33(48-9)17-15-32)19-18-36(54-44)43(8)20-21-45(58-43)24-35(49-10)29(5)39(55-45)30(6)38(50-11)31(7)41(47)51-12/h14-17,26-31,34-40,42H,13,18-25H2,1-12H3/t26-,27-,28+,29+,30-,31-,34-,35-,36+,37-,38+,39-,40+,42-,43+,44-,45+,46+/m0/s1. The molecule has 6 aliphatic heterocycles. The van der Waals surface area contributed by atoms with Crippen LogP contribution >= 0.6 is 0 Å². The van der Waals surface area contributed by atoms with E-state index in [4.69, 9.17) is 52.1 Å². The summed E-state index contributed by atoms with van der Waals surface area (Å²) in [6.07, 6.45) is 4.93. The zero-order valence-corrected chi connectivity index (χ0v) is 37.2. The summed E-state index contributed by atoms with van der Waals surface area (Å²) < 4.78 is 71.2. The van der Waals surface area contributed by atoms with Gasteiger partial charge in [0.25, 0.3) is 0 Å². The first-order valence-corrected chi connectivity index (χ1v) is 22.1. The fraction of sp³-hybridized carbons (Fsp3) is 0.848. The highest BCUT2D eigenvalue weighted by atomic mass is 16.8. The number of hydrogen-bond donors (Lipinski definition) is 0. The van der Waals surface area contributed by atoms with Crippen molar-refractivity contribution in [3.8, 4) is 5.75 Å². The molecule has 18 atom stereocenters. The molecule has 0 amide bonds. The molecular weight excluding hydrogens is 744 g/mol. The predicted octanol–water partition coefficient (Wildman–Crippen LogP) is 7.79. The van der Waals surface area contributed by atoms with Crippen LogP contribution in [0.5, 0.6) is 5.75 Å². The Morgan fingerprint density at radius 1 is 0.914 bits per heavy atom. The van der Waals surface area contributed by atoms with Crippen molar-refractivity contribution in [2.45, 2.75) is 179 Å². The average Bonchev–Trinajstić information content (AvgIpc) is 4.03. The van der Waals surface area contributed by atoms with Gasteiger partial charge < -0.3 is 52.1 Å². The molecule has 1 aromatic carbocycles. The van der Waals surface area contributed by atoms with Gasteiger partial charge in [-0.05, 0) is 76.3 Å². The van der Waals surface area contributed by atoms with E-state index in [0.717, 1.165) is 56.3 Å². The monoisotopic (exact) mass is 817 g/mol. The van der Waals surface area contributed by atoms with Crippen molar-refractivity contribution in [2.24, 2.45) is 35.5 Å². The summed E-state index contributed by atoms with van der Waals surface area (Å²) in [6, 6.07) is 7.84. The molecule has 1 aromatic rings.